The number of furan rings is 1. The first-order valence-electron chi connectivity index (χ1n) is 11.0. The predicted molar refractivity (Wildman–Crippen MR) is 117 cm³/mol. The zero-order valence-electron chi connectivity index (χ0n) is 19.6. The van der Waals surface area contributed by atoms with Crippen LogP contribution >= 0.6 is 0 Å². The van der Waals surface area contributed by atoms with E-state index in [1.807, 2.05) is 13.8 Å². The van der Waals surface area contributed by atoms with Crippen molar-refractivity contribution in [3.05, 3.63) is 46.4 Å². The molecule has 1 fully saturated rings. The van der Waals surface area contributed by atoms with E-state index < -0.39 is 41.4 Å². The lowest BCUT2D eigenvalue weighted by molar-refractivity contribution is -0.196. The quantitative estimate of drug-likeness (QED) is 0.519. The van der Waals surface area contributed by atoms with Crippen molar-refractivity contribution in [2.45, 2.75) is 73.0 Å². The van der Waals surface area contributed by atoms with E-state index in [4.69, 9.17) is 13.9 Å². The zero-order valence-corrected chi connectivity index (χ0v) is 19.6. The van der Waals surface area contributed by atoms with E-state index in [2.05, 4.69) is 0 Å². The highest BCUT2D eigenvalue weighted by atomic mass is 16.6. The summed E-state index contributed by atoms with van der Waals surface area (Å²) in [5, 5.41) is 10.3. The third-order valence-corrected chi connectivity index (χ3v) is 7.00. The van der Waals surface area contributed by atoms with Gasteiger partial charge in [0.2, 0.25) is 0 Å². The van der Waals surface area contributed by atoms with Gasteiger partial charge in [-0.2, -0.15) is 0 Å². The number of hydrogen-bond acceptors (Lipinski definition) is 6. The standard InChI is InChI=1S/C25H32O7/c1-7-14(4)24(29)32-22-20-15(5)12-30-18(20)11-16-8-9-17(31-19(26)10-13(2)3)21(23(27)28)25(16,22)6/h7,10,12,16-17,21-22H,8-9,11H2,1-6H3,(H,27,28). The van der Waals surface area contributed by atoms with Crippen LogP contribution in [-0.4, -0.2) is 29.1 Å². The Balaban J connectivity index is 2.09. The fraction of sp³-hybridized carbons (Fsp3) is 0.560. The molecule has 174 valence electrons. The Morgan fingerprint density at radius 1 is 1.19 bits per heavy atom. The zero-order chi connectivity index (χ0) is 23.8. The van der Waals surface area contributed by atoms with Gasteiger partial charge in [0.1, 0.15) is 23.9 Å². The van der Waals surface area contributed by atoms with Crippen LogP contribution in [0.1, 0.15) is 70.5 Å². The number of carbonyl (C=O) groups excluding carboxylic acids is 2. The molecule has 0 aromatic carbocycles. The van der Waals surface area contributed by atoms with Gasteiger partial charge in [-0.15, -0.1) is 0 Å². The van der Waals surface area contributed by atoms with Crippen LogP contribution in [-0.2, 0) is 30.3 Å². The Kier molecular flexibility index (Phi) is 6.67. The van der Waals surface area contributed by atoms with Gasteiger partial charge in [-0.1, -0.05) is 18.6 Å². The molecule has 1 heterocycles. The van der Waals surface area contributed by atoms with Gasteiger partial charge in [0.05, 0.1) is 6.26 Å². The Labute approximate surface area is 188 Å². The number of hydrogen-bond donors (Lipinski definition) is 1. The van der Waals surface area contributed by atoms with Crippen LogP contribution in [0.2, 0.25) is 0 Å². The lowest BCUT2D eigenvalue weighted by Crippen LogP contribution is -2.56. The van der Waals surface area contributed by atoms with E-state index in [0.717, 1.165) is 22.5 Å². The minimum atomic E-state index is -1.07. The third-order valence-electron chi connectivity index (χ3n) is 7.00. The van der Waals surface area contributed by atoms with E-state index >= 15 is 0 Å². The first-order valence-corrected chi connectivity index (χ1v) is 11.0. The Bertz CT molecular complexity index is 978. The van der Waals surface area contributed by atoms with Crippen LogP contribution in [0.5, 0.6) is 0 Å². The number of aliphatic carboxylic acids is 1. The summed E-state index contributed by atoms with van der Waals surface area (Å²) in [6.45, 7) is 10.7. The van der Waals surface area contributed by atoms with Crippen molar-refractivity contribution >= 4 is 17.9 Å². The van der Waals surface area contributed by atoms with Crippen molar-refractivity contribution in [1.82, 2.24) is 0 Å². The minimum absolute atomic E-state index is 0.108. The maximum Gasteiger partial charge on any atom is 0.334 e. The number of carboxylic acids is 1. The summed E-state index contributed by atoms with van der Waals surface area (Å²) in [5.41, 5.74) is 1.76. The van der Waals surface area contributed by atoms with Crippen LogP contribution in [0.15, 0.2) is 34.0 Å². The molecule has 1 N–H and O–H groups in total. The molecule has 7 nitrogen and oxygen atoms in total. The average molecular weight is 445 g/mol. The normalized spacial score (nSPS) is 29.4. The summed E-state index contributed by atoms with van der Waals surface area (Å²) in [4.78, 5) is 37.8. The molecule has 0 amide bonds. The molecule has 2 aliphatic rings. The van der Waals surface area contributed by atoms with Gasteiger partial charge in [-0.25, -0.2) is 9.59 Å². The van der Waals surface area contributed by atoms with Crippen LogP contribution < -0.4 is 0 Å². The van der Waals surface area contributed by atoms with Crippen LogP contribution in [0.25, 0.3) is 0 Å². The van der Waals surface area contributed by atoms with E-state index in [-0.39, 0.29) is 5.92 Å². The third kappa shape index (κ3) is 4.12. The lowest BCUT2D eigenvalue weighted by Gasteiger charge is -2.53. The molecule has 1 aromatic rings. The minimum Gasteiger partial charge on any atom is -0.481 e. The van der Waals surface area contributed by atoms with Gasteiger partial charge in [0.25, 0.3) is 0 Å². The molecule has 0 aliphatic heterocycles. The summed E-state index contributed by atoms with van der Waals surface area (Å²) >= 11 is 0. The molecule has 0 saturated heterocycles. The van der Waals surface area contributed by atoms with E-state index in [9.17, 15) is 19.5 Å². The smallest absolute Gasteiger partial charge is 0.334 e. The number of allylic oxidation sites excluding steroid dienone is 2. The molecule has 2 aliphatic carbocycles. The van der Waals surface area contributed by atoms with Crippen LogP contribution in [0.4, 0.5) is 0 Å². The summed E-state index contributed by atoms with van der Waals surface area (Å²) in [6, 6.07) is 0. The molecular formula is C25H32O7. The molecule has 3 rings (SSSR count). The van der Waals surface area contributed by atoms with Gasteiger partial charge < -0.3 is 19.0 Å². The number of esters is 2. The Morgan fingerprint density at radius 2 is 1.88 bits per heavy atom. The maximum atomic E-state index is 12.8. The summed E-state index contributed by atoms with van der Waals surface area (Å²) < 4.78 is 17.4. The Morgan fingerprint density at radius 3 is 2.47 bits per heavy atom. The van der Waals surface area contributed by atoms with Crippen molar-refractivity contribution in [3.63, 3.8) is 0 Å². The fourth-order valence-corrected chi connectivity index (χ4v) is 5.22. The molecular weight excluding hydrogens is 412 g/mol. The second-order valence-corrected chi connectivity index (χ2v) is 9.37. The SMILES string of the molecule is CC=C(C)C(=O)OC1c2c(C)coc2CC2CCC(OC(=O)C=C(C)C)C(C(=O)O)C21C. The molecule has 0 bridgehead atoms. The second-order valence-electron chi connectivity index (χ2n) is 9.37. The molecule has 32 heavy (non-hydrogen) atoms. The number of aryl methyl sites for hydroxylation is 1. The average Bonchev–Trinajstić information content (AvgIpc) is 3.06. The van der Waals surface area contributed by atoms with E-state index in [1.54, 1.807) is 40.0 Å². The number of ether oxygens (including phenoxy) is 2. The maximum absolute atomic E-state index is 12.8. The van der Waals surface area contributed by atoms with Gasteiger partial charge >= 0.3 is 17.9 Å². The largest absolute Gasteiger partial charge is 0.481 e. The summed E-state index contributed by atoms with van der Waals surface area (Å²) in [5.74, 6) is -2.55. The van der Waals surface area contributed by atoms with Gasteiger partial charge in [-0.05, 0) is 58.9 Å². The van der Waals surface area contributed by atoms with Gasteiger partial charge in [-0.3, -0.25) is 4.79 Å². The molecule has 5 atom stereocenters. The molecule has 5 unspecified atom stereocenters. The molecule has 0 radical (unpaired) electrons. The van der Waals surface area contributed by atoms with Crippen LogP contribution in [0, 0.1) is 24.2 Å². The van der Waals surface area contributed by atoms with Crippen molar-refractivity contribution < 1.29 is 33.4 Å². The van der Waals surface area contributed by atoms with Crippen molar-refractivity contribution in [2.75, 3.05) is 0 Å². The van der Waals surface area contributed by atoms with Gasteiger partial charge in [0.15, 0.2) is 0 Å². The van der Waals surface area contributed by atoms with Crippen molar-refractivity contribution in [3.8, 4) is 0 Å². The second kappa shape index (κ2) is 8.96. The number of rotatable bonds is 5. The topological polar surface area (TPSA) is 103 Å². The summed E-state index contributed by atoms with van der Waals surface area (Å²) in [7, 11) is 0. The summed E-state index contributed by atoms with van der Waals surface area (Å²) in [6.07, 6.45) is 4.59. The lowest BCUT2D eigenvalue weighted by atomic mass is 9.53. The molecule has 7 heteroatoms. The van der Waals surface area contributed by atoms with Crippen molar-refractivity contribution in [2.24, 2.45) is 17.3 Å². The highest BCUT2D eigenvalue weighted by Crippen LogP contribution is 2.60. The first kappa shape index (κ1) is 23.8. The van der Waals surface area contributed by atoms with Crippen LogP contribution in [0.3, 0.4) is 0 Å². The highest BCUT2D eigenvalue weighted by molar-refractivity contribution is 5.88. The monoisotopic (exact) mass is 444 g/mol. The van der Waals surface area contributed by atoms with Gasteiger partial charge in [0, 0.05) is 29.0 Å². The van der Waals surface area contributed by atoms with Crippen molar-refractivity contribution in [1.29, 1.82) is 0 Å². The highest BCUT2D eigenvalue weighted by Gasteiger charge is 2.62. The molecule has 0 spiro atoms. The van der Waals surface area contributed by atoms with E-state index in [1.165, 1.54) is 6.08 Å². The molecule has 1 aromatic heterocycles. The number of carbonyl (C=O) groups is 3. The number of fused-ring (bicyclic) bond motifs is 2. The number of carboxylic acid groups (broad SMARTS) is 1. The molecule has 1 saturated carbocycles. The van der Waals surface area contributed by atoms with E-state index in [0.29, 0.717) is 24.8 Å². The fourth-order valence-electron chi connectivity index (χ4n) is 5.22. The first-order chi connectivity index (χ1) is 15.0. The Hall–Kier alpha value is -2.83. The predicted octanol–water partition coefficient (Wildman–Crippen LogP) is 4.69.